The molecule has 0 N–H and O–H groups in total. The lowest BCUT2D eigenvalue weighted by atomic mass is 9.91. The number of hydrogen-bond donors (Lipinski definition) is 0. The predicted octanol–water partition coefficient (Wildman–Crippen LogP) is 6.19. The first-order chi connectivity index (χ1) is 17.6. The lowest BCUT2D eigenvalue weighted by Crippen LogP contribution is -2.41. The van der Waals surface area contributed by atoms with Crippen LogP contribution in [0.25, 0.3) is 11.0 Å². The van der Waals surface area contributed by atoms with Crippen LogP contribution in [0, 0.1) is 11.7 Å². The number of piperidine rings is 1. The zero-order valence-corrected chi connectivity index (χ0v) is 22.6. The summed E-state index contributed by atoms with van der Waals surface area (Å²) in [5.41, 5.74) is 3.36. The van der Waals surface area contributed by atoms with Gasteiger partial charge < -0.3 is 23.8 Å². The summed E-state index contributed by atoms with van der Waals surface area (Å²) in [6.45, 7) is 8.18. The van der Waals surface area contributed by atoms with Gasteiger partial charge in [-0.15, -0.1) is 0 Å². The van der Waals surface area contributed by atoms with Gasteiger partial charge in [-0.25, -0.2) is 9.18 Å². The Morgan fingerprint density at radius 1 is 1.14 bits per heavy atom. The maximum Gasteiger partial charge on any atom is 0.410 e. The van der Waals surface area contributed by atoms with Gasteiger partial charge >= 0.3 is 6.09 Å². The zero-order valence-electron chi connectivity index (χ0n) is 22.6. The first-order valence-corrected chi connectivity index (χ1v) is 13.0. The van der Waals surface area contributed by atoms with Crippen LogP contribution >= 0.6 is 0 Å². The Morgan fingerprint density at radius 3 is 2.49 bits per heavy atom. The van der Waals surface area contributed by atoms with Crippen LogP contribution in [0.3, 0.4) is 0 Å². The first-order valence-electron chi connectivity index (χ1n) is 13.0. The predicted molar refractivity (Wildman–Crippen MR) is 141 cm³/mol. The van der Waals surface area contributed by atoms with Gasteiger partial charge in [0.25, 0.3) is 0 Å². The Labute approximate surface area is 218 Å². The molecular formula is C29H38FN3O4. The molecule has 0 unspecified atom stereocenters. The van der Waals surface area contributed by atoms with E-state index in [2.05, 4.69) is 22.2 Å². The van der Waals surface area contributed by atoms with E-state index in [1.54, 1.807) is 12.1 Å². The average molecular weight is 512 g/mol. The van der Waals surface area contributed by atoms with Gasteiger partial charge in [0.15, 0.2) is 5.58 Å². The van der Waals surface area contributed by atoms with Gasteiger partial charge in [0, 0.05) is 30.6 Å². The number of carbonyl (C=O) groups excluding carboxylic acids is 1. The highest BCUT2D eigenvalue weighted by atomic mass is 19.1. The molecule has 0 radical (unpaired) electrons. The third-order valence-electron chi connectivity index (χ3n) is 6.65. The van der Waals surface area contributed by atoms with E-state index in [0.29, 0.717) is 24.8 Å². The topological polar surface area (TPSA) is 68.0 Å². The molecule has 4 rings (SSSR count). The van der Waals surface area contributed by atoms with Crippen molar-refractivity contribution in [2.45, 2.75) is 65.2 Å². The molecule has 2 aromatic carbocycles. The largest absolute Gasteiger partial charge is 0.489 e. The smallest absolute Gasteiger partial charge is 0.410 e. The van der Waals surface area contributed by atoms with E-state index < -0.39 is 5.60 Å². The number of ether oxygens (including phenoxy) is 2. The molecule has 2 heterocycles. The highest BCUT2D eigenvalue weighted by Gasteiger charge is 2.27. The third kappa shape index (κ3) is 7.22. The quantitative estimate of drug-likeness (QED) is 0.359. The first kappa shape index (κ1) is 26.9. The molecule has 3 aromatic rings. The Hall–Kier alpha value is -3.13. The molecule has 0 saturated carbocycles. The summed E-state index contributed by atoms with van der Waals surface area (Å²) in [6, 6.07) is 10.2. The number of halogens is 1. The third-order valence-corrected chi connectivity index (χ3v) is 6.65. The van der Waals surface area contributed by atoms with E-state index in [4.69, 9.17) is 14.0 Å². The van der Waals surface area contributed by atoms with E-state index in [1.807, 2.05) is 39.8 Å². The van der Waals surface area contributed by atoms with E-state index in [1.165, 1.54) is 12.1 Å². The standard InChI is InChI=1S/C29H38FN3O4/c1-29(2,3)36-28(34)33-16-14-20(15-17-33)6-13-26-24-12-7-21(19-35-23-10-8-22(30)9-11-23)25(18-32(4)5)27(24)37-31-26/h7-12,20H,6,13-19H2,1-5H3. The Morgan fingerprint density at radius 2 is 1.84 bits per heavy atom. The molecule has 1 aromatic heterocycles. The summed E-state index contributed by atoms with van der Waals surface area (Å²) in [6.07, 6.45) is 3.54. The van der Waals surface area contributed by atoms with Crippen LogP contribution in [0.5, 0.6) is 5.75 Å². The Balaban J connectivity index is 1.40. The normalized spacial score (nSPS) is 14.9. The van der Waals surface area contributed by atoms with E-state index in [9.17, 15) is 9.18 Å². The molecule has 0 aliphatic carbocycles. The van der Waals surface area contributed by atoms with Crippen LogP contribution in [0.15, 0.2) is 40.9 Å². The number of likely N-dealkylation sites (tertiary alicyclic amines) is 1. The average Bonchev–Trinajstić information content (AvgIpc) is 3.25. The summed E-state index contributed by atoms with van der Waals surface area (Å²) < 4.78 is 30.5. The minimum Gasteiger partial charge on any atom is -0.489 e. The summed E-state index contributed by atoms with van der Waals surface area (Å²) in [5, 5.41) is 5.48. The number of nitrogens with zero attached hydrogens (tertiary/aromatic N) is 3. The van der Waals surface area contributed by atoms with Crippen molar-refractivity contribution in [3.05, 3.63) is 59.0 Å². The second kappa shape index (κ2) is 11.5. The molecule has 7 nitrogen and oxygen atoms in total. The number of fused-ring (bicyclic) bond motifs is 1. The monoisotopic (exact) mass is 511 g/mol. The minimum atomic E-state index is -0.472. The molecule has 0 bridgehead atoms. The van der Waals surface area contributed by atoms with Crippen LogP contribution in [-0.4, -0.2) is 53.8 Å². The Kier molecular flexibility index (Phi) is 8.37. The van der Waals surface area contributed by atoms with Crippen LogP contribution in [-0.2, 0) is 24.3 Å². The van der Waals surface area contributed by atoms with Crippen molar-refractivity contribution >= 4 is 17.1 Å². The summed E-state index contributed by atoms with van der Waals surface area (Å²) >= 11 is 0. The Bertz CT molecular complexity index is 1190. The van der Waals surface area contributed by atoms with E-state index in [0.717, 1.165) is 66.6 Å². The van der Waals surface area contributed by atoms with Crippen molar-refractivity contribution in [1.29, 1.82) is 0 Å². The number of amides is 1. The lowest BCUT2D eigenvalue weighted by molar-refractivity contribution is 0.0181. The molecule has 0 atom stereocenters. The molecular weight excluding hydrogens is 473 g/mol. The van der Waals surface area contributed by atoms with Gasteiger partial charge in [0.05, 0.1) is 5.69 Å². The van der Waals surface area contributed by atoms with Gasteiger partial charge in [-0.3, -0.25) is 0 Å². The number of aryl methyl sites for hydroxylation is 1. The molecule has 8 heteroatoms. The van der Waals surface area contributed by atoms with Crippen molar-refractivity contribution < 1.29 is 23.2 Å². The van der Waals surface area contributed by atoms with Crippen molar-refractivity contribution in [3.8, 4) is 5.75 Å². The van der Waals surface area contributed by atoms with Gasteiger partial charge in [0.2, 0.25) is 0 Å². The second-order valence-electron chi connectivity index (χ2n) is 11.1. The lowest BCUT2D eigenvalue weighted by Gasteiger charge is -2.33. The highest BCUT2D eigenvalue weighted by molar-refractivity contribution is 5.83. The minimum absolute atomic E-state index is 0.221. The number of hydrogen-bond acceptors (Lipinski definition) is 6. The summed E-state index contributed by atoms with van der Waals surface area (Å²) in [5.74, 6) is 0.869. The maximum atomic E-state index is 13.2. The van der Waals surface area contributed by atoms with Crippen LogP contribution < -0.4 is 4.74 Å². The van der Waals surface area contributed by atoms with Crippen molar-refractivity contribution in [2.24, 2.45) is 5.92 Å². The molecule has 1 amide bonds. The van der Waals surface area contributed by atoms with Crippen LogP contribution in [0.1, 0.15) is 56.9 Å². The second-order valence-corrected chi connectivity index (χ2v) is 11.1. The van der Waals surface area contributed by atoms with Gasteiger partial charge in [0.1, 0.15) is 23.8 Å². The zero-order chi connectivity index (χ0) is 26.6. The molecule has 37 heavy (non-hydrogen) atoms. The molecule has 1 saturated heterocycles. The number of aromatic nitrogens is 1. The number of carbonyl (C=O) groups is 1. The molecule has 0 spiro atoms. The van der Waals surface area contributed by atoms with Crippen LogP contribution in [0.4, 0.5) is 9.18 Å². The maximum absolute atomic E-state index is 13.2. The van der Waals surface area contributed by atoms with Gasteiger partial charge in [-0.1, -0.05) is 11.2 Å². The number of rotatable bonds is 8. The van der Waals surface area contributed by atoms with E-state index >= 15 is 0 Å². The van der Waals surface area contributed by atoms with Gasteiger partial charge in [-0.2, -0.15) is 0 Å². The molecule has 1 aliphatic rings. The fourth-order valence-electron chi connectivity index (χ4n) is 4.72. The highest BCUT2D eigenvalue weighted by Crippen LogP contribution is 2.30. The number of benzene rings is 2. The van der Waals surface area contributed by atoms with Gasteiger partial charge in [-0.05, 0) is 102 Å². The molecule has 200 valence electrons. The fraction of sp³-hybridized carbons (Fsp3) is 0.517. The molecule has 1 fully saturated rings. The van der Waals surface area contributed by atoms with Crippen molar-refractivity contribution in [2.75, 3.05) is 27.2 Å². The summed E-state index contributed by atoms with van der Waals surface area (Å²) in [7, 11) is 4.04. The van der Waals surface area contributed by atoms with E-state index in [-0.39, 0.29) is 11.9 Å². The molecule has 1 aliphatic heterocycles. The van der Waals surface area contributed by atoms with Crippen molar-refractivity contribution in [1.82, 2.24) is 15.0 Å². The SMILES string of the molecule is CN(C)Cc1c(COc2ccc(F)cc2)ccc2c(CCC3CCN(C(=O)OC(C)(C)C)CC3)noc12. The summed E-state index contributed by atoms with van der Waals surface area (Å²) in [4.78, 5) is 16.3. The van der Waals surface area contributed by atoms with Crippen molar-refractivity contribution in [3.63, 3.8) is 0 Å². The fourth-order valence-corrected chi connectivity index (χ4v) is 4.72. The van der Waals surface area contributed by atoms with Crippen LogP contribution in [0.2, 0.25) is 0 Å².